The van der Waals surface area contributed by atoms with E-state index in [2.05, 4.69) is 0 Å². The van der Waals surface area contributed by atoms with Gasteiger partial charge in [0.25, 0.3) is 0 Å². The van der Waals surface area contributed by atoms with Crippen molar-refractivity contribution in [2.75, 3.05) is 14.2 Å². The van der Waals surface area contributed by atoms with Gasteiger partial charge in [-0.3, -0.25) is 0 Å². The fourth-order valence-electron chi connectivity index (χ4n) is 2.91. The molecule has 24 heavy (non-hydrogen) atoms. The highest BCUT2D eigenvalue weighted by Gasteiger charge is 2.17. The Morgan fingerprint density at radius 2 is 1.62 bits per heavy atom. The molecular weight excluding hydrogens is 304 g/mol. The highest BCUT2D eigenvalue weighted by molar-refractivity contribution is 6.02. The lowest BCUT2D eigenvalue weighted by Crippen LogP contribution is -2.04. The van der Waals surface area contributed by atoms with E-state index in [9.17, 15) is 9.90 Å². The summed E-state index contributed by atoms with van der Waals surface area (Å²) in [4.78, 5) is 11.6. The first-order valence-corrected chi connectivity index (χ1v) is 7.59. The first-order valence-electron chi connectivity index (χ1n) is 7.59. The third-order valence-corrected chi connectivity index (χ3v) is 4.07. The van der Waals surface area contributed by atoms with E-state index in [1.807, 2.05) is 48.5 Å². The van der Waals surface area contributed by atoms with Gasteiger partial charge in [-0.05, 0) is 41.1 Å². The van der Waals surface area contributed by atoms with Gasteiger partial charge >= 0.3 is 5.97 Å². The molecule has 3 aromatic rings. The summed E-state index contributed by atoms with van der Waals surface area (Å²) < 4.78 is 10.5. The van der Waals surface area contributed by atoms with Crippen molar-refractivity contribution in [1.82, 2.24) is 0 Å². The molecule has 0 spiro atoms. The molecule has 3 aromatic carbocycles. The van der Waals surface area contributed by atoms with Gasteiger partial charge in [-0.25, -0.2) is 4.79 Å². The molecule has 1 N–H and O–H groups in total. The van der Waals surface area contributed by atoms with Crippen LogP contribution >= 0.6 is 0 Å². The van der Waals surface area contributed by atoms with E-state index in [0.717, 1.165) is 27.6 Å². The number of benzene rings is 3. The molecule has 0 aliphatic heterocycles. The average molecular weight is 322 g/mol. The van der Waals surface area contributed by atoms with Crippen LogP contribution in [0, 0.1) is 0 Å². The zero-order valence-corrected chi connectivity index (χ0v) is 13.6. The summed E-state index contributed by atoms with van der Waals surface area (Å²) >= 11 is 0. The van der Waals surface area contributed by atoms with Crippen LogP contribution < -0.4 is 9.47 Å². The molecule has 0 unspecified atom stereocenters. The van der Waals surface area contributed by atoms with Crippen molar-refractivity contribution < 1.29 is 19.4 Å². The number of carboxylic acid groups (broad SMARTS) is 1. The molecule has 4 nitrogen and oxygen atoms in total. The van der Waals surface area contributed by atoms with Gasteiger partial charge in [0.2, 0.25) is 0 Å². The minimum atomic E-state index is -0.992. The quantitative estimate of drug-likeness (QED) is 0.767. The molecule has 0 radical (unpaired) electrons. The first kappa shape index (κ1) is 15.9. The van der Waals surface area contributed by atoms with E-state index in [0.29, 0.717) is 12.2 Å². The number of fused-ring (bicyclic) bond motifs is 1. The Labute approximate surface area is 140 Å². The van der Waals surface area contributed by atoms with Crippen molar-refractivity contribution in [2.24, 2.45) is 0 Å². The minimum Gasteiger partial charge on any atom is -0.497 e. The molecule has 0 saturated carbocycles. The predicted octanol–water partition coefficient (Wildman–Crippen LogP) is 4.15. The van der Waals surface area contributed by atoms with Crippen molar-refractivity contribution in [3.63, 3.8) is 0 Å². The Morgan fingerprint density at radius 3 is 2.21 bits per heavy atom. The highest BCUT2D eigenvalue weighted by atomic mass is 16.5. The second kappa shape index (κ2) is 6.62. The lowest BCUT2D eigenvalue weighted by molar-refractivity contribution is 0.0693. The van der Waals surface area contributed by atoms with Crippen LogP contribution in [0.2, 0.25) is 0 Å². The van der Waals surface area contributed by atoms with E-state index in [1.165, 1.54) is 7.11 Å². The van der Waals surface area contributed by atoms with Gasteiger partial charge in [0, 0.05) is 5.39 Å². The van der Waals surface area contributed by atoms with Gasteiger partial charge in [0.15, 0.2) is 0 Å². The number of hydrogen-bond acceptors (Lipinski definition) is 3. The lowest BCUT2D eigenvalue weighted by atomic mass is 9.95. The Kier molecular flexibility index (Phi) is 4.38. The summed E-state index contributed by atoms with van der Waals surface area (Å²) in [5.74, 6) is 0.203. The molecule has 0 aliphatic carbocycles. The zero-order valence-electron chi connectivity index (χ0n) is 13.6. The van der Waals surface area contributed by atoms with Crippen LogP contribution in [0.15, 0.2) is 54.6 Å². The van der Waals surface area contributed by atoms with Crippen LogP contribution in [-0.4, -0.2) is 25.3 Å². The average Bonchev–Trinajstić information content (AvgIpc) is 2.62. The molecule has 0 atom stereocenters. The summed E-state index contributed by atoms with van der Waals surface area (Å²) in [5.41, 5.74) is 2.22. The predicted molar refractivity (Wildman–Crippen MR) is 93.3 cm³/mol. The molecule has 3 rings (SSSR count). The first-order chi connectivity index (χ1) is 11.6. The summed E-state index contributed by atoms with van der Waals surface area (Å²) in [6.45, 7) is 0. The number of hydrogen-bond donors (Lipinski definition) is 1. The standard InChI is InChI=1S/C20H18O4/c1-23-15-9-7-13(8-10-15)11-14-12-18(20(21)22)19(24-2)17-6-4-3-5-16(14)17/h3-10,12H,11H2,1-2H3,(H,21,22). The number of rotatable bonds is 5. The monoisotopic (exact) mass is 322 g/mol. The molecular formula is C20H18O4. The van der Waals surface area contributed by atoms with Gasteiger partial charge in [0.05, 0.1) is 14.2 Å². The van der Waals surface area contributed by atoms with E-state index in [-0.39, 0.29) is 5.56 Å². The highest BCUT2D eigenvalue weighted by Crippen LogP contribution is 2.33. The van der Waals surface area contributed by atoms with Crippen LogP contribution in [0.1, 0.15) is 21.5 Å². The number of carboxylic acids is 1. The van der Waals surface area contributed by atoms with Gasteiger partial charge < -0.3 is 14.6 Å². The Hall–Kier alpha value is -3.01. The van der Waals surface area contributed by atoms with Crippen molar-refractivity contribution in [1.29, 1.82) is 0 Å². The Bertz CT molecular complexity index is 882. The molecule has 0 aromatic heterocycles. The lowest BCUT2D eigenvalue weighted by Gasteiger charge is -2.14. The zero-order chi connectivity index (χ0) is 17.1. The minimum absolute atomic E-state index is 0.180. The molecule has 122 valence electrons. The molecule has 0 bridgehead atoms. The summed E-state index contributed by atoms with van der Waals surface area (Å²) in [5, 5.41) is 11.3. The fraction of sp³-hybridized carbons (Fsp3) is 0.150. The van der Waals surface area contributed by atoms with Crippen LogP contribution in [0.5, 0.6) is 11.5 Å². The van der Waals surface area contributed by atoms with E-state index < -0.39 is 5.97 Å². The molecule has 0 fully saturated rings. The number of methoxy groups -OCH3 is 2. The molecule has 0 saturated heterocycles. The van der Waals surface area contributed by atoms with E-state index >= 15 is 0 Å². The van der Waals surface area contributed by atoms with Crippen molar-refractivity contribution in [2.45, 2.75) is 6.42 Å². The maximum atomic E-state index is 11.6. The number of aromatic carboxylic acids is 1. The Morgan fingerprint density at radius 1 is 0.958 bits per heavy atom. The van der Waals surface area contributed by atoms with Crippen LogP contribution in [0.25, 0.3) is 10.8 Å². The molecule has 0 aliphatic rings. The van der Waals surface area contributed by atoms with Crippen LogP contribution in [-0.2, 0) is 6.42 Å². The van der Waals surface area contributed by atoms with Crippen LogP contribution in [0.4, 0.5) is 0 Å². The normalized spacial score (nSPS) is 10.6. The summed E-state index contributed by atoms with van der Waals surface area (Å²) in [6, 6.07) is 17.2. The van der Waals surface area contributed by atoms with Gasteiger partial charge in [-0.15, -0.1) is 0 Å². The second-order valence-electron chi connectivity index (χ2n) is 5.49. The van der Waals surface area contributed by atoms with Gasteiger partial charge in [-0.2, -0.15) is 0 Å². The maximum Gasteiger partial charge on any atom is 0.339 e. The SMILES string of the molecule is COc1ccc(Cc2cc(C(=O)O)c(OC)c3ccccc23)cc1. The van der Waals surface area contributed by atoms with Crippen molar-refractivity contribution >= 4 is 16.7 Å². The maximum absolute atomic E-state index is 11.6. The molecule has 4 heteroatoms. The largest absolute Gasteiger partial charge is 0.497 e. The third kappa shape index (κ3) is 2.91. The van der Waals surface area contributed by atoms with Gasteiger partial charge in [-0.1, -0.05) is 36.4 Å². The Balaban J connectivity index is 2.14. The smallest absolute Gasteiger partial charge is 0.339 e. The van der Waals surface area contributed by atoms with Crippen molar-refractivity contribution in [3.8, 4) is 11.5 Å². The summed E-state index contributed by atoms with van der Waals surface area (Å²) in [6.07, 6.45) is 0.634. The summed E-state index contributed by atoms with van der Waals surface area (Å²) in [7, 11) is 3.13. The van der Waals surface area contributed by atoms with E-state index in [1.54, 1.807) is 13.2 Å². The topological polar surface area (TPSA) is 55.8 Å². The number of carbonyl (C=O) groups is 1. The van der Waals surface area contributed by atoms with Crippen LogP contribution in [0.3, 0.4) is 0 Å². The van der Waals surface area contributed by atoms with E-state index in [4.69, 9.17) is 9.47 Å². The number of ether oxygens (including phenoxy) is 2. The second-order valence-corrected chi connectivity index (χ2v) is 5.49. The molecule has 0 amide bonds. The third-order valence-electron chi connectivity index (χ3n) is 4.07. The fourth-order valence-corrected chi connectivity index (χ4v) is 2.91. The van der Waals surface area contributed by atoms with Crippen molar-refractivity contribution in [3.05, 3.63) is 71.3 Å². The molecule has 0 heterocycles. The van der Waals surface area contributed by atoms with Gasteiger partial charge in [0.1, 0.15) is 17.1 Å².